The summed E-state index contributed by atoms with van der Waals surface area (Å²) in [6, 6.07) is 10.5. The van der Waals surface area contributed by atoms with Gasteiger partial charge in [-0.05, 0) is 31.4 Å². The number of hydrogen-bond acceptors (Lipinski definition) is 1. The maximum absolute atomic E-state index is 4.06. The van der Waals surface area contributed by atoms with Crippen LogP contribution in [0.25, 0.3) is 5.57 Å². The van der Waals surface area contributed by atoms with E-state index in [1.54, 1.807) is 0 Å². The van der Waals surface area contributed by atoms with Crippen LogP contribution in [0.1, 0.15) is 32.8 Å². The third-order valence-electron chi connectivity index (χ3n) is 3.28. The van der Waals surface area contributed by atoms with E-state index in [9.17, 15) is 0 Å². The first kappa shape index (κ1) is 13.6. The van der Waals surface area contributed by atoms with Crippen molar-refractivity contribution in [1.29, 1.82) is 0 Å². The van der Waals surface area contributed by atoms with Gasteiger partial charge in [0.05, 0.1) is 0 Å². The minimum atomic E-state index is 0.937. The van der Waals surface area contributed by atoms with Gasteiger partial charge in [0.1, 0.15) is 0 Å². The molecule has 1 rings (SSSR count). The summed E-state index contributed by atoms with van der Waals surface area (Å²) >= 11 is 0. The third kappa shape index (κ3) is 3.77. The Morgan fingerprint density at radius 3 is 2.29 bits per heavy atom. The molecule has 0 fully saturated rings. The summed E-state index contributed by atoms with van der Waals surface area (Å²) in [5.41, 5.74) is 5.20. The molecule has 0 saturated carbocycles. The van der Waals surface area contributed by atoms with Crippen molar-refractivity contribution < 1.29 is 0 Å². The maximum Gasteiger partial charge on any atom is 0.0380 e. The highest BCUT2D eigenvalue weighted by molar-refractivity contribution is 5.66. The SMILES string of the molecule is C=C(CC)CN(C)/C(C)=C(\C)c1ccccc1. The molecular formula is C16H23N. The Morgan fingerprint density at radius 2 is 1.76 bits per heavy atom. The van der Waals surface area contributed by atoms with Gasteiger partial charge in [-0.25, -0.2) is 0 Å². The van der Waals surface area contributed by atoms with Gasteiger partial charge in [-0.1, -0.05) is 49.4 Å². The van der Waals surface area contributed by atoms with Crippen molar-refractivity contribution in [3.8, 4) is 0 Å². The monoisotopic (exact) mass is 229 g/mol. The van der Waals surface area contributed by atoms with Crippen LogP contribution in [0.5, 0.6) is 0 Å². The molecule has 92 valence electrons. The number of benzene rings is 1. The maximum atomic E-state index is 4.06. The second-order valence-electron chi connectivity index (χ2n) is 4.54. The average Bonchev–Trinajstić information content (AvgIpc) is 2.37. The molecular weight excluding hydrogens is 206 g/mol. The summed E-state index contributed by atoms with van der Waals surface area (Å²) < 4.78 is 0. The minimum absolute atomic E-state index is 0.937. The van der Waals surface area contributed by atoms with Crippen LogP contribution in [0.15, 0.2) is 48.2 Å². The number of likely N-dealkylation sites (N-methyl/N-ethyl adjacent to an activating group) is 1. The van der Waals surface area contributed by atoms with Crippen LogP contribution >= 0.6 is 0 Å². The predicted molar refractivity (Wildman–Crippen MR) is 76.8 cm³/mol. The van der Waals surface area contributed by atoms with Crippen LogP contribution in [0, 0.1) is 0 Å². The number of nitrogens with zero attached hydrogens (tertiary/aromatic N) is 1. The van der Waals surface area contributed by atoms with Crippen molar-refractivity contribution in [2.45, 2.75) is 27.2 Å². The van der Waals surface area contributed by atoms with E-state index in [0.29, 0.717) is 0 Å². The molecule has 1 aromatic carbocycles. The fourth-order valence-corrected chi connectivity index (χ4v) is 1.75. The summed E-state index contributed by atoms with van der Waals surface area (Å²) in [6.07, 6.45) is 1.04. The highest BCUT2D eigenvalue weighted by atomic mass is 15.1. The Balaban J connectivity index is 2.86. The van der Waals surface area contributed by atoms with Crippen molar-refractivity contribution in [1.82, 2.24) is 4.90 Å². The fourth-order valence-electron chi connectivity index (χ4n) is 1.75. The van der Waals surface area contributed by atoms with Crippen LogP contribution in [0.3, 0.4) is 0 Å². The van der Waals surface area contributed by atoms with Crippen molar-refractivity contribution in [2.24, 2.45) is 0 Å². The second kappa shape index (κ2) is 6.29. The standard InChI is InChI=1S/C16H23N/c1-6-13(2)12-17(5)15(4)14(3)16-10-8-7-9-11-16/h7-11H,2,6,12H2,1,3-5H3/b15-14+. The van der Waals surface area contributed by atoms with Gasteiger partial charge in [0, 0.05) is 19.3 Å². The molecule has 0 spiro atoms. The van der Waals surface area contributed by atoms with Crippen LogP contribution < -0.4 is 0 Å². The Bertz CT molecular complexity index is 401. The van der Waals surface area contributed by atoms with Crippen molar-refractivity contribution >= 4 is 5.57 Å². The van der Waals surface area contributed by atoms with Gasteiger partial charge in [0.15, 0.2) is 0 Å². The molecule has 0 bridgehead atoms. The zero-order valence-electron chi connectivity index (χ0n) is 11.5. The van der Waals surface area contributed by atoms with Gasteiger partial charge < -0.3 is 4.90 Å². The van der Waals surface area contributed by atoms with E-state index in [2.05, 4.69) is 69.6 Å². The van der Waals surface area contributed by atoms with Gasteiger partial charge in [0.25, 0.3) is 0 Å². The Labute approximate surface area is 105 Å². The molecule has 0 atom stereocenters. The van der Waals surface area contributed by atoms with E-state index in [-0.39, 0.29) is 0 Å². The normalized spacial score (nSPS) is 12.0. The van der Waals surface area contributed by atoms with E-state index >= 15 is 0 Å². The van der Waals surface area contributed by atoms with Gasteiger partial charge >= 0.3 is 0 Å². The molecule has 0 aliphatic carbocycles. The molecule has 0 aliphatic heterocycles. The zero-order valence-corrected chi connectivity index (χ0v) is 11.5. The Kier molecular flexibility index (Phi) is 5.02. The van der Waals surface area contributed by atoms with Gasteiger partial charge in [-0.2, -0.15) is 0 Å². The zero-order chi connectivity index (χ0) is 12.8. The first-order valence-electron chi connectivity index (χ1n) is 6.17. The summed E-state index contributed by atoms with van der Waals surface area (Å²) in [5.74, 6) is 0. The molecule has 1 nitrogen and oxygen atoms in total. The molecule has 0 aliphatic rings. The molecule has 17 heavy (non-hydrogen) atoms. The molecule has 0 N–H and O–H groups in total. The Hall–Kier alpha value is -1.50. The molecule has 0 heterocycles. The smallest absolute Gasteiger partial charge is 0.0380 e. The van der Waals surface area contributed by atoms with Crippen LogP contribution in [0.2, 0.25) is 0 Å². The van der Waals surface area contributed by atoms with E-state index in [4.69, 9.17) is 0 Å². The average molecular weight is 229 g/mol. The lowest BCUT2D eigenvalue weighted by Crippen LogP contribution is -2.19. The highest BCUT2D eigenvalue weighted by Crippen LogP contribution is 2.20. The number of allylic oxidation sites excluding steroid dienone is 2. The summed E-state index contributed by atoms with van der Waals surface area (Å²) in [4.78, 5) is 2.27. The molecule has 1 aromatic rings. The number of rotatable bonds is 5. The first-order chi connectivity index (χ1) is 8.06. The van der Waals surface area contributed by atoms with E-state index in [0.717, 1.165) is 13.0 Å². The summed E-state index contributed by atoms with van der Waals surface area (Å²) in [6.45, 7) is 11.5. The second-order valence-corrected chi connectivity index (χ2v) is 4.54. The van der Waals surface area contributed by atoms with Crippen LogP contribution in [-0.4, -0.2) is 18.5 Å². The Morgan fingerprint density at radius 1 is 1.18 bits per heavy atom. The van der Waals surface area contributed by atoms with Gasteiger partial charge in [-0.15, -0.1) is 0 Å². The number of hydrogen-bond donors (Lipinski definition) is 0. The van der Waals surface area contributed by atoms with Crippen molar-refractivity contribution in [2.75, 3.05) is 13.6 Å². The quantitative estimate of drug-likeness (QED) is 0.679. The fraction of sp³-hybridized carbons (Fsp3) is 0.375. The molecule has 1 heteroatoms. The molecule has 0 radical (unpaired) electrons. The topological polar surface area (TPSA) is 3.24 Å². The van der Waals surface area contributed by atoms with E-state index < -0.39 is 0 Å². The lowest BCUT2D eigenvalue weighted by molar-refractivity contribution is 0.452. The lowest BCUT2D eigenvalue weighted by Gasteiger charge is -2.23. The highest BCUT2D eigenvalue weighted by Gasteiger charge is 2.05. The van der Waals surface area contributed by atoms with Gasteiger partial charge in [0.2, 0.25) is 0 Å². The van der Waals surface area contributed by atoms with E-state index in [1.165, 1.54) is 22.4 Å². The van der Waals surface area contributed by atoms with E-state index in [1.807, 2.05) is 0 Å². The van der Waals surface area contributed by atoms with Gasteiger partial charge in [-0.3, -0.25) is 0 Å². The van der Waals surface area contributed by atoms with Crippen LogP contribution in [-0.2, 0) is 0 Å². The summed E-state index contributed by atoms with van der Waals surface area (Å²) in [7, 11) is 2.13. The van der Waals surface area contributed by atoms with Crippen molar-refractivity contribution in [3.05, 3.63) is 53.7 Å². The molecule has 0 saturated heterocycles. The molecule has 0 aromatic heterocycles. The largest absolute Gasteiger partial charge is 0.374 e. The lowest BCUT2D eigenvalue weighted by atomic mass is 10.1. The first-order valence-corrected chi connectivity index (χ1v) is 6.17. The summed E-state index contributed by atoms with van der Waals surface area (Å²) in [5, 5.41) is 0. The molecule has 0 unspecified atom stereocenters. The third-order valence-corrected chi connectivity index (χ3v) is 3.28. The van der Waals surface area contributed by atoms with Crippen molar-refractivity contribution in [3.63, 3.8) is 0 Å². The minimum Gasteiger partial charge on any atom is -0.374 e. The van der Waals surface area contributed by atoms with Crippen LogP contribution in [0.4, 0.5) is 0 Å². The molecule has 0 amide bonds. The predicted octanol–water partition coefficient (Wildman–Crippen LogP) is 4.34.